The summed E-state index contributed by atoms with van der Waals surface area (Å²) in [6.45, 7) is 4.62. The largest absolute Gasteiger partial charge is 0.465 e. The van der Waals surface area contributed by atoms with E-state index in [-0.39, 0.29) is 17.8 Å². The Morgan fingerprint density at radius 2 is 1.96 bits per heavy atom. The molecule has 1 amide bonds. The molecule has 1 heterocycles. The SMILES string of the molecule is C=C1C[C@@H]2COC(=O)[C@]2(Cc2ccc(NC(=O)CCC3CCCC3)cc2)C1. The lowest BCUT2D eigenvalue weighted by molar-refractivity contribution is -0.146. The van der Waals surface area contributed by atoms with Gasteiger partial charge in [0.25, 0.3) is 0 Å². The second-order valence-corrected chi connectivity index (χ2v) is 8.69. The van der Waals surface area contributed by atoms with Crippen molar-refractivity contribution in [3.05, 3.63) is 42.0 Å². The van der Waals surface area contributed by atoms with Crippen molar-refractivity contribution >= 4 is 17.6 Å². The van der Waals surface area contributed by atoms with Crippen LogP contribution in [0.1, 0.15) is 56.9 Å². The van der Waals surface area contributed by atoms with Crippen LogP contribution in [0.15, 0.2) is 36.4 Å². The summed E-state index contributed by atoms with van der Waals surface area (Å²) in [5, 5.41) is 3.00. The number of benzene rings is 1. The predicted octanol–water partition coefficient (Wildman–Crippen LogP) is 4.65. The Morgan fingerprint density at radius 3 is 2.70 bits per heavy atom. The van der Waals surface area contributed by atoms with Crippen molar-refractivity contribution < 1.29 is 14.3 Å². The molecule has 1 aromatic carbocycles. The fourth-order valence-electron chi connectivity index (χ4n) is 5.19. The summed E-state index contributed by atoms with van der Waals surface area (Å²) in [6.07, 6.45) is 9.10. The van der Waals surface area contributed by atoms with Gasteiger partial charge in [-0.3, -0.25) is 9.59 Å². The van der Waals surface area contributed by atoms with Gasteiger partial charge in [-0.25, -0.2) is 0 Å². The minimum Gasteiger partial charge on any atom is -0.465 e. The normalized spacial score (nSPS) is 27.6. The number of carbonyl (C=O) groups excluding carboxylic acids is 2. The average Bonchev–Trinajstić information content (AvgIpc) is 3.33. The summed E-state index contributed by atoms with van der Waals surface area (Å²) in [7, 11) is 0. The number of allylic oxidation sites excluding steroid dienone is 1. The van der Waals surface area contributed by atoms with Gasteiger partial charge in [0.1, 0.15) is 0 Å². The van der Waals surface area contributed by atoms with Gasteiger partial charge in [-0.1, -0.05) is 50.0 Å². The molecule has 0 bridgehead atoms. The van der Waals surface area contributed by atoms with Gasteiger partial charge < -0.3 is 10.1 Å². The third kappa shape index (κ3) is 3.80. The Hall–Kier alpha value is -2.10. The molecule has 2 atom stereocenters. The maximum Gasteiger partial charge on any atom is 0.313 e. The standard InChI is InChI=1S/C23H29NO3/c1-16-12-19-15-27-22(26)23(19,13-16)14-18-6-9-20(10-7-18)24-21(25)11-8-17-4-2-3-5-17/h6-7,9-10,17,19H,1-5,8,11-15H2,(H,24,25)/t19-,23+/m1/s1. The highest BCUT2D eigenvalue weighted by molar-refractivity contribution is 5.90. The molecule has 3 aliphatic rings. The summed E-state index contributed by atoms with van der Waals surface area (Å²) in [6, 6.07) is 7.92. The molecule has 2 aliphatic carbocycles. The molecule has 1 aromatic rings. The molecule has 0 unspecified atom stereocenters. The van der Waals surface area contributed by atoms with Crippen LogP contribution in [0.4, 0.5) is 5.69 Å². The van der Waals surface area contributed by atoms with E-state index in [9.17, 15) is 9.59 Å². The lowest BCUT2D eigenvalue weighted by Crippen LogP contribution is -2.31. The van der Waals surface area contributed by atoms with Crippen LogP contribution in [0.25, 0.3) is 0 Å². The molecule has 1 aliphatic heterocycles. The molecular weight excluding hydrogens is 338 g/mol. The lowest BCUT2D eigenvalue weighted by Gasteiger charge is -2.24. The van der Waals surface area contributed by atoms with Crippen molar-refractivity contribution in [2.24, 2.45) is 17.3 Å². The summed E-state index contributed by atoms with van der Waals surface area (Å²) in [5.74, 6) is 1.01. The van der Waals surface area contributed by atoms with E-state index in [4.69, 9.17) is 4.74 Å². The van der Waals surface area contributed by atoms with E-state index in [0.717, 1.165) is 42.0 Å². The van der Waals surface area contributed by atoms with Crippen LogP contribution in [-0.2, 0) is 20.7 Å². The Labute approximate surface area is 161 Å². The second kappa shape index (κ2) is 7.49. The number of esters is 1. The molecule has 27 heavy (non-hydrogen) atoms. The van der Waals surface area contributed by atoms with Crippen LogP contribution in [0.3, 0.4) is 0 Å². The minimum absolute atomic E-state index is 0.0737. The fourth-order valence-corrected chi connectivity index (χ4v) is 5.19. The number of cyclic esters (lactones) is 1. The summed E-state index contributed by atoms with van der Waals surface area (Å²) in [4.78, 5) is 24.6. The van der Waals surface area contributed by atoms with Crippen LogP contribution in [0, 0.1) is 17.3 Å². The summed E-state index contributed by atoms with van der Waals surface area (Å²) < 4.78 is 5.35. The molecule has 0 spiro atoms. The number of amides is 1. The molecular formula is C23H29NO3. The monoisotopic (exact) mass is 367 g/mol. The molecule has 1 saturated heterocycles. The molecule has 4 nitrogen and oxygen atoms in total. The van der Waals surface area contributed by atoms with Crippen molar-refractivity contribution in [3.8, 4) is 0 Å². The second-order valence-electron chi connectivity index (χ2n) is 8.69. The van der Waals surface area contributed by atoms with Gasteiger partial charge >= 0.3 is 5.97 Å². The highest BCUT2D eigenvalue weighted by Gasteiger charge is 2.55. The molecule has 4 heteroatoms. The summed E-state index contributed by atoms with van der Waals surface area (Å²) in [5.41, 5.74) is 2.66. The number of carbonyl (C=O) groups is 2. The van der Waals surface area contributed by atoms with Gasteiger partial charge in [0.05, 0.1) is 12.0 Å². The van der Waals surface area contributed by atoms with E-state index >= 15 is 0 Å². The van der Waals surface area contributed by atoms with E-state index in [2.05, 4.69) is 11.9 Å². The number of hydrogen-bond donors (Lipinski definition) is 1. The van der Waals surface area contributed by atoms with E-state index in [1.165, 1.54) is 25.7 Å². The first kappa shape index (κ1) is 18.3. The quantitative estimate of drug-likeness (QED) is 0.588. The first-order valence-corrected chi connectivity index (χ1v) is 10.3. The van der Waals surface area contributed by atoms with Crippen LogP contribution < -0.4 is 5.32 Å². The zero-order valence-electron chi connectivity index (χ0n) is 16.0. The van der Waals surface area contributed by atoms with Gasteiger partial charge in [-0.2, -0.15) is 0 Å². The number of rotatable bonds is 6. The van der Waals surface area contributed by atoms with Crippen molar-refractivity contribution in [2.45, 2.75) is 57.8 Å². The van der Waals surface area contributed by atoms with Gasteiger partial charge in [0.2, 0.25) is 5.91 Å². The van der Waals surface area contributed by atoms with E-state index in [1.54, 1.807) is 0 Å². The van der Waals surface area contributed by atoms with Gasteiger partial charge in [-0.05, 0) is 49.3 Å². The predicted molar refractivity (Wildman–Crippen MR) is 105 cm³/mol. The molecule has 0 radical (unpaired) electrons. The number of anilines is 1. The average molecular weight is 367 g/mol. The van der Waals surface area contributed by atoms with E-state index in [0.29, 0.717) is 19.4 Å². The van der Waals surface area contributed by atoms with Crippen LogP contribution >= 0.6 is 0 Å². The van der Waals surface area contributed by atoms with Gasteiger partial charge in [0, 0.05) is 18.0 Å². The smallest absolute Gasteiger partial charge is 0.313 e. The lowest BCUT2D eigenvalue weighted by atomic mass is 9.75. The van der Waals surface area contributed by atoms with Crippen LogP contribution in [0.2, 0.25) is 0 Å². The number of fused-ring (bicyclic) bond motifs is 1. The Bertz CT molecular complexity index is 732. The van der Waals surface area contributed by atoms with Gasteiger partial charge in [-0.15, -0.1) is 0 Å². The molecule has 1 N–H and O–H groups in total. The Kier molecular flexibility index (Phi) is 5.07. The maximum absolute atomic E-state index is 12.4. The molecule has 2 saturated carbocycles. The van der Waals surface area contributed by atoms with Crippen molar-refractivity contribution in [1.82, 2.24) is 0 Å². The zero-order chi connectivity index (χ0) is 18.9. The highest BCUT2D eigenvalue weighted by atomic mass is 16.5. The first-order valence-electron chi connectivity index (χ1n) is 10.3. The number of hydrogen-bond acceptors (Lipinski definition) is 3. The Balaban J connectivity index is 1.34. The van der Waals surface area contributed by atoms with Crippen LogP contribution in [-0.4, -0.2) is 18.5 Å². The molecule has 4 rings (SSSR count). The molecule has 144 valence electrons. The van der Waals surface area contributed by atoms with E-state index in [1.807, 2.05) is 24.3 Å². The van der Waals surface area contributed by atoms with Crippen LogP contribution in [0.5, 0.6) is 0 Å². The Morgan fingerprint density at radius 1 is 1.22 bits per heavy atom. The summed E-state index contributed by atoms with van der Waals surface area (Å²) >= 11 is 0. The number of ether oxygens (including phenoxy) is 1. The van der Waals surface area contributed by atoms with Crippen molar-refractivity contribution in [3.63, 3.8) is 0 Å². The highest BCUT2D eigenvalue weighted by Crippen LogP contribution is 2.52. The molecule has 0 aromatic heterocycles. The molecule has 3 fully saturated rings. The topological polar surface area (TPSA) is 55.4 Å². The minimum atomic E-state index is -0.427. The fraction of sp³-hybridized carbons (Fsp3) is 0.565. The zero-order valence-corrected chi connectivity index (χ0v) is 16.0. The third-order valence-electron chi connectivity index (χ3n) is 6.72. The first-order chi connectivity index (χ1) is 13.0. The van der Waals surface area contributed by atoms with Gasteiger partial charge in [0.15, 0.2) is 0 Å². The van der Waals surface area contributed by atoms with E-state index < -0.39 is 5.41 Å². The third-order valence-corrected chi connectivity index (χ3v) is 6.72. The van der Waals surface area contributed by atoms with Crippen molar-refractivity contribution in [1.29, 1.82) is 0 Å². The van der Waals surface area contributed by atoms with Crippen molar-refractivity contribution in [2.75, 3.05) is 11.9 Å². The maximum atomic E-state index is 12.4. The number of nitrogens with one attached hydrogen (secondary N) is 1.